The van der Waals surface area contributed by atoms with Crippen molar-refractivity contribution in [2.75, 3.05) is 5.73 Å². The number of nitrogen functional groups attached to an aromatic ring is 1. The molecule has 0 aliphatic carbocycles. The van der Waals surface area contributed by atoms with Gasteiger partial charge in [0.05, 0.1) is 11.5 Å². The predicted octanol–water partition coefficient (Wildman–Crippen LogP) is -4.19. The van der Waals surface area contributed by atoms with Crippen LogP contribution in [0, 0.1) is 0 Å². The number of carbonyl (C=O) groups is 3. The second-order valence-electron chi connectivity index (χ2n) is 3.85. The number of carbonyl (C=O) groups excluding carboxylic acids is 3. The van der Waals surface area contributed by atoms with E-state index in [-0.39, 0.29) is 48.0 Å². The number of carboxylic acids is 1. The van der Waals surface area contributed by atoms with Crippen LogP contribution in [-0.2, 0) is 14.3 Å². The summed E-state index contributed by atoms with van der Waals surface area (Å²) in [5.41, 5.74) is 11.2. The van der Waals surface area contributed by atoms with Gasteiger partial charge in [-0.25, -0.2) is 4.79 Å². The molecule has 0 saturated carbocycles. The van der Waals surface area contributed by atoms with Gasteiger partial charge < -0.3 is 26.1 Å². The molecule has 1 atom stereocenters. The molecule has 7 nitrogen and oxygen atoms in total. The third-order valence-electron chi connectivity index (χ3n) is 2.32. The van der Waals surface area contributed by atoms with Crippen molar-refractivity contribution < 1.29 is 53.8 Å². The fourth-order valence-corrected chi connectivity index (χ4v) is 1.22. The largest absolute Gasteiger partial charge is 1.00 e. The molecule has 0 fully saturated rings. The molecule has 0 amide bonds. The molecule has 102 valence electrons. The number of ether oxygens (including phenoxy) is 1. The van der Waals surface area contributed by atoms with Crippen molar-refractivity contribution in [3.8, 4) is 0 Å². The van der Waals surface area contributed by atoms with E-state index in [1.165, 1.54) is 24.3 Å². The van der Waals surface area contributed by atoms with E-state index in [4.69, 9.17) is 11.5 Å². The first kappa shape index (κ1) is 18.6. The Morgan fingerprint density at radius 2 is 1.75 bits per heavy atom. The smallest absolute Gasteiger partial charge is 0.548 e. The maximum Gasteiger partial charge on any atom is 1.00 e. The van der Waals surface area contributed by atoms with Gasteiger partial charge in [0, 0.05) is 18.2 Å². The molecule has 0 heterocycles. The van der Waals surface area contributed by atoms with Crippen molar-refractivity contribution in [2.45, 2.75) is 18.9 Å². The summed E-state index contributed by atoms with van der Waals surface area (Å²) in [5, 5.41) is 10.3. The number of hydrogen-bond donors (Lipinski definition) is 2. The van der Waals surface area contributed by atoms with Crippen LogP contribution in [0.3, 0.4) is 0 Å². The summed E-state index contributed by atoms with van der Waals surface area (Å²) in [6.07, 6.45) is -0.438. The van der Waals surface area contributed by atoms with Crippen molar-refractivity contribution in [1.82, 2.24) is 0 Å². The minimum absolute atomic E-state index is 0. The second-order valence-corrected chi connectivity index (χ2v) is 3.85. The van der Waals surface area contributed by atoms with Gasteiger partial charge in [0.25, 0.3) is 0 Å². The summed E-state index contributed by atoms with van der Waals surface area (Å²) in [6, 6.07) is 4.55. The molecule has 1 aromatic carbocycles. The van der Waals surface area contributed by atoms with Crippen LogP contribution in [-0.4, -0.2) is 23.9 Å². The number of carboxylic acid groups (broad SMARTS) is 1. The molecule has 20 heavy (non-hydrogen) atoms. The van der Waals surface area contributed by atoms with Crippen molar-refractivity contribution >= 4 is 23.6 Å². The maximum absolute atomic E-state index is 11.5. The molecule has 0 bridgehead atoms. The minimum Gasteiger partial charge on any atom is -0.548 e. The van der Waals surface area contributed by atoms with Crippen molar-refractivity contribution in [3.63, 3.8) is 0 Å². The van der Waals surface area contributed by atoms with E-state index in [9.17, 15) is 19.5 Å². The van der Waals surface area contributed by atoms with Crippen LogP contribution >= 0.6 is 0 Å². The molecule has 4 N–H and O–H groups in total. The first-order valence-corrected chi connectivity index (χ1v) is 5.47. The molecule has 1 aromatic rings. The maximum atomic E-state index is 11.5. The van der Waals surface area contributed by atoms with Crippen molar-refractivity contribution in [3.05, 3.63) is 29.8 Å². The molecular formula is C12H13N2NaO5. The van der Waals surface area contributed by atoms with E-state index < -0.39 is 23.9 Å². The van der Waals surface area contributed by atoms with Crippen LogP contribution in [0.4, 0.5) is 5.69 Å². The summed E-state index contributed by atoms with van der Waals surface area (Å²) in [6.45, 7) is 0. The average molecular weight is 288 g/mol. The van der Waals surface area contributed by atoms with Crippen molar-refractivity contribution in [1.29, 1.82) is 0 Å². The summed E-state index contributed by atoms with van der Waals surface area (Å²) in [7, 11) is 0. The van der Waals surface area contributed by atoms with E-state index in [1.54, 1.807) is 0 Å². The first-order chi connectivity index (χ1) is 8.90. The van der Waals surface area contributed by atoms with E-state index >= 15 is 0 Å². The third kappa shape index (κ3) is 6.16. The molecule has 8 heteroatoms. The Morgan fingerprint density at radius 3 is 2.25 bits per heavy atom. The molecule has 0 unspecified atom stereocenters. The Bertz CT molecular complexity index is 489. The van der Waals surface area contributed by atoms with Crippen LogP contribution in [0.2, 0.25) is 0 Å². The van der Waals surface area contributed by atoms with Gasteiger partial charge in [0.1, 0.15) is 0 Å². The van der Waals surface area contributed by atoms with Crippen molar-refractivity contribution in [2.24, 2.45) is 5.73 Å². The molecule has 0 aliphatic rings. The molecule has 0 aromatic heterocycles. The Hall–Kier alpha value is -1.41. The average Bonchev–Trinajstić information content (AvgIpc) is 2.36. The van der Waals surface area contributed by atoms with Crippen LogP contribution in [0.25, 0.3) is 0 Å². The Kier molecular flexibility index (Phi) is 8.09. The first-order valence-electron chi connectivity index (χ1n) is 5.47. The SMILES string of the molecule is Nc1ccc(C(=O)OC(=O)CC[C@@H](N)C(=O)[O-])cc1.[Na+]. The molecule has 0 saturated heterocycles. The van der Waals surface area contributed by atoms with Gasteiger partial charge in [-0.05, 0) is 30.7 Å². The van der Waals surface area contributed by atoms with Gasteiger partial charge in [0.2, 0.25) is 0 Å². The quantitative estimate of drug-likeness (QED) is 0.243. The normalized spacial score (nSPS) is 11.1. The standard InChI is InChI=1S/C12H14N2O5.Na/c13-8-3-1-7(2-4-8)12(18)19-10(15)6-5-9(14)11(16)17;/h1-4,9H,5-6,13-14H2,(H,16,17);/q;+1/p-1/t9-;/m1./s1. The van der Waals surface area contributed by atoms with Crippen LogP contribution in [0.1, 0.15) is 23.2 Å². The van der Waals surface area contributed by atoms with E-state index in [0.717, 1.165) is 0 Å². The summed E-state index contributed by atoms with van der Waals surface area (Å²) < 4.78 is 4.52. The predicted molar refractivity (Wildman–Crippen MR) is 63.5 cm³/mol. The Morgan fingerprint density at radius 1 is 1.20 bits per heavy atom. The zero-order chi connectivity index (χ0) is 14.4. The molecule has 0 spiro atoms. The minimum atomic E-state index is -1.46. The number of nitrogens with two attached hydrogens (primary N) is 2. The van der Waals surface area contributed by atoms with Gasteiger partial charge >= 0.3 is 41.5 Å². The molecular weight excluding hydrogens is 275 g/mol. The zero-order valence-corrected chi connectivity index (χ0v) is 13.0. The van der Waals surface area contributed by atoms with E-state index in [0.29, 0.717) is 5.69 Å². The zero-order valence-electron chi connectivity index (χ0n) is 11.0. The summed E-state index contributed by atoms with van der Waals surface area (Å²) in [5.74, 6) is -3.14. The Labute approximate surface area is 137 Å². The topological polar surface area (TPSA) is 136 Å². The fraction of sp³-hybridized carbons (Fsp3) is 0.250. The second kappa shape index (κ2) is 8.70. The molecule has 1 rings (SSSR count). The molecule has 0 aliphatic heterocycles. The van der Waals surface area contributed by atoms with Gasteiger partial charge in [-0.3, -0.25) is 4.79 Å². The number of anilines is 1. The third-order valence-corrected chi connectivity index (χ3v) is 2.32. The van der Waals surface area contributed by atoms with Gasteiger partial charge in [-0.2, -0.15) is 0 Å². The number of hydrogen-bond acceptors (Lipinski definition) is 7. The van der Waals surface area contributed by atoms with Gasteiger partial charge in [-0.15, -0.1) is 0 Å². The van der Waals surface area contributed by atoms with Gasteiger partial charge in [0.15, 0.2) is 0 Å². The van der Waals surface area contributed by atoms with Crippen LogP contribution < -0.4 is 46.1 Å². The van der Waals surface area contributed by atoms with Crippen LogP contribution in [0.15, 0.2) is 24.3 Å². The number of aliphatic carboxylic acids is 1. The van der Waals surface area contributed by atoms with Gasteiger partial charge in [-0.1, -0.05) is 0 Å². The fourth-order valence-electron chi connectivity index (χ4n) is 1.22. The van der Waals surface area contributed by atoms with E-state index in [2.05, 4.69) is 4.74 Å². The monoisotopic (exact) mass is 288 g/mol. The van der Waals surface area contributed by atoms with Crippen LogP contribution in [0.5, 0.6) is 0 Å². The summed E-state index contributed by atoms with van der Waals surface area (Å²) >= 11 is 0. The Balaban J connectivity index is 0.00000361. The summed E-state index contributed by atoms with van der Waals surface area (Å²) in [4.78, 5) is 33.1. The van der Waals surface area contributed by atoms with E-state index in [1.807, 2.05) is 0 Å². The number of benzene rings is 1. The number of rotatable bonds is 5. The molecule has 0 radical (unpaired) electrons. The number of esters is 2.